The van der Waals surface area contributed by atoms with Crippen molar-refractivity contribution >= 4 is 23.6 Å². The maximum absolute atomic E-state index is 12.1. The van der Waals surface area contributed by atoms with Crippen LogP contribution in [0.3, 0.4) is 0 Å². The summed E-state index contributed by atoms with van der Waals surface area (Å²) in [5.74, 6) is 5.72. The number of hydrogen-bond acceptors (Lipinski definition) is 5. The maximum atomic E-state index is 12.1. The van der Waals surface area contributed by atoms with E-state index in [4.69, 9.17) is 5.84 Å². The topological polar surface area (TPSA) is 78.7 Å². The number of benzene rings is 1. The van der Waals surface area contributed by atoms with Crippen LogP contribution < -0.4 is 11.3 Å². The third-order valence-corrected chi connectivity index (χ3v) is 6.01. The van der Waals surface area contributed by atoms with Crippen LogP contribution in [0.2, 0.25) is 0 Å². The molecule has 0 radical (unpaired) electrons. The van der Waals surface area contributed by atoms with Crippen LogP contribution in [0.4, 0.5) is 0 Å². The molecule has 2 fully saturated rings. The van der Waals surface area contributed by atoms with E-state index < -0.39 is 5.54 Å². The summed E-state index contributed by atoms with van der Waals surface area (Å²) in [6.07, 6.45) is 0. The first-order valence-corrected chi connectivity index (χ1v) is 8.33. The van der Waals surface area contributed by atoms with Crippen molar-refractivity contribution in [3.8, 4) is 0 Å². The maximum Gasteiger partial charge on any atom is 0.248 e. The molecule has 3 N–H and O–H groups in total. The van der Waals surface area contributed by atoms with Gasteiger partial charge in [0.05, 0.1) is 17.8 Å². The van der Waals surface area contributed by atoms with Crippen molar-refractivity contribution in [2.45, 2.75) is 17.8 Å². The van der Waals surface area contributed by atoms with Crippen LogP contribution in [0.1, 0.15) is 12.5 Å². The molecule has 2 atom stereocenters. The lowest BCUT2D eigenvalue weighted by molar-refractivity contribution is -0.136. The quantitative estimate of drug-likeness (QED) is 0.469. The molecule has 0 spiro atoms. The van der Waals surface area contributed by atoms with Gasteiger partial charge in [0.25, 0.3) is 0 Å². The minimum Gasteiger partial charge on any atom is -0.326 e. The molecule has 118 valence electrons. The van der Waals surface area contributed by atoms with Gasteiger partial charge in [-0.25, -0.2) is 5.84 Å². The van der Waals surface area contributed by atoms with E-state index in [1.807, 2.05) is 23.1 Å². The molecule has 7 heteroatoms. The van der Waals surface area contributed by atoms with Gasteiger partial charge >= 0.3 is 0 Å². The highest BCUT2D eigenvalue weighted by Crippen LogP contribution is 2.45. The number of hydrogen-bond donors (Lipinski definition) is 2. The number of fused-ring (bicyclic) bond motifs is 1. The van der Waals surface area contributed by atoms with Gasteiger partial charge in [-0.1, -0.05) is 30.3 Å². The SMILES string of the molecule is C[C@]1(c2ccccc2)[C@H]2SCC(=O)N2CCN1CC(=O)NN. The number of carbonyl (C=O) groups is 2. The van der Waals surface area contributed by atoms with Gasteiger partial charge in [0, 0.05) is 13.1 Å². The number of amides is 2. The molecule has 0 aliphatic carbocycles. The molecule has 2 aliphatic rings. The van der Waals surface area contributed by atoms with Crippen molar-refractivity contribution in [3.05, 3.63) is 35.9 Å². The molecule has 0 bridgehead atoms. The van der Waals surface area contributed by atoms with Gasteiger partial charge in [0.2, 0.25) is 11.8 Å². The zero-order valence-corrected chi connectivity index (χ0v) is 13.3. The summed E-state index contributed by atoms with van der Waals surface area (Å²) in [5, 5.41) is 0.0155. The van der Waals surface area contributed by atoms with Crippen LogP contribution in [-0.4, -0.2) is 52.4 Å². The Labute approximate surface area is 134 Å². The Morgan fingerprint density at radius 2 is 2.14 bits per heavy atom. The molecule has 3 rings (SSSR count). The highest BCUT2D eigenvalue weighted by atomic mass is 32.2. The van der Waals surface area contributed by atoms with Crippen molar-refractivity contribution in [3.63, 3.8) is 0 Å². The Morgan fingerprint density at radius 1 is 1.41 bits per heavy atom. The summed E-state index contributed by atoms with van der Waals surface area (Å²) in [6.45, 7) is 3.63. The third-order valence-electron chi connectivity index (χ3n) is 4.57. The van der Waals surface area contributed by atoms with Crippen LogP contribution >= 0.6 is 11.8 Å². The van der Waals surface area contributed by atoms with Crippen LogP contribution in [0, 0.1) is 0 Å². The zero-order valence-electron chi connectivity index (χ0n) is 12.5. The first kappa shape index (κ1) is 15.3. The van der Waals surface area contributed by atoms with Crippen molar-refractivity contribution in [2.75, 3.05) is 25.4 Å². The van der Waals surface area contributed by atoms with Crippen LogP contribution in [0.15, 0.2) is 30.3 Å². The molecular weight excluding hydrogens is 300 g/mol. The van der Waals surface area contributed by atoms with Crippen molar-refractivity contribution < 1.29 is 9.59 Å². The fourth-order valence-electron chi connectivity index (χ4n) is 3.34. The number of hydrazine groups is 1. The van der Waals surface area contributed by atoms with Crippen molar-refractivity contribution in [1.29, 1.82) is 0 Å². The van der Waals surface area contributed by atoms with Crippen LogP contribution in [0.25, 0.3) is 0 Å². The lowest BCUT2D eigenvalue weighted by Crippen LogP contribution is -2.64. The van der Waals surface area contributed by atoms with E-state index in [1.165, 1.54) is 0 Å². The number of nitrogens with one attached hydrogen (secondary N) is 1. The van der Waals surface area contributed by atoms with Crippen molar-refractivity contribution in [1.82, 2.24) is 15.2 Å². The van der Waals surface area contributed by atoms with Crippen LogP contribution in [-0.2, 0) is 15.1 Å². The monoisotopic (exact) mass is 320 g/mol. The van der Waals surface area contributed by atoms with Crippen LogP contribution in [0.5, 0.6) is 0 Å². The second-order valence-corrected chi connectivity index (χ2v) is 6.82. The van der Waals surface area contributed by atoms with E-state index in [0.29, 0.717) is 18.8 Å². The molecule has 0 unspecified atom stereocenters. The van der Waals surface area contributed by atoms with E-state index in [2.05, 4.69) is 29.4 Å². The number of carbonyl (C=O) groups excluding carboxylic acids is 2. The number of thioether (sulfide) groups is 1. The summed E-state index contributed by atoms with van der Waals surface area (Å²) in [4.78, 5) is 28.0. The summed E-state index contributed by atoms with van der Waals surface area (Å²) in [7, 11) is 0. The predicted molar refractivity (Wildman–Crippen MR) is 85.7 cm³/mol. The molecule has 1 aromatic carbocycles. The number of piperazine rings is 1. The lowest BCUT2D eigenvalue weighted by atomic mass is 9.87. The molecule has 0 aromatic heterocycles. The number of rotatable bonds is 3. The average Bonchev–Trinajstić information content (AvgIpc) is 2.93. The Bertz CT molecular complexity index is 582. The molecule has 0 saturated carbocycles. The second kappa shape index (κ2) is 5.91. The molecule has 2 amide bonds. The Morgan fingerprint density at radius 3 is 2.82 bits per heavy atom. The highest BCUT2D eigenvalue weighted by Gasteiger charge is 2.52. The first-order chi connectivity index (χ1) is 10.6. The molecule has 6 nitrogen and oxygen atoms in total. The van der Waals surface area contributed by atoms with Gasteiger partial charge < -0.3 is 4.90 Å². The fraction of sp³-hybridized carbons (Fsp3) is 0.467. The Kier molecular flexibility index (Phi) is 4.12. The first-order valence-electron chi connectivity index (χ1n) is 7.28. The third kappa shape index (κ3) is 2.39. The summed E-state index contributed by atoms with van der Waals surface area (Å²) in [5.41, 5.74) is 2.90. The van der Waals surface area contributed by atoms with Gasteiger partial charge in [0.1, 0.15) is 5.37 Å². The smallest absolute Gasteiger partial charge is 0.248 e. The van der Waals surface area contributed by atoms with Gasteiger partial charge in [-0.15, -0.1) is 11.8 Å². The molecular formula is C15H20N4O2S. The minimum absolute atomic E-state index is 0.0155. The van der Waals surface area contributed by atoms with E-state index in [-0.39, 0.29) is 23.7 Å². The number of nitrogens with two attached hydrogens (primary N) is 1. The summed E-state index contributed by atoms with van der Waals surface area (Å²) < 4.78 is 0. The molecule has 1 aromatic rings. The lowest BCUT2D eigenvalue weighted by Gasteiger charge is -2.52. The minimum atomic E-state index is -0.414. The largest absolute Gasteiger partial charge is 0.326 e. The van der Waals surface area contributed by atoms with E-state index in [0.717, 1.165) is 5.56 Å². The van der Waals surface area contributed by atoms with E-state index >= 15 is 0 Å². The Hall–Kier alpha value is -1.57. The average molecular weight is 320 g/mol. The van der Waals surface area contributed by atoms with Gasteiger partial charge in [-0.3, -0.25) is 19.9 Å². The van der Waals surface area contributed by atoms with Gasteiger partial charge in [0.15, 0.2) is 0 Å². The molecule has 22 heavy (non-hydrogen) atoms. The molecule has 2 heterocycles. The zero-order chi connectivity index (χ0) is 15.7. The molecule has 2 aliphatic heterocycles. The van der Waals surface area contributed by atoms with Crippen molar-refractivity contribution in [2.24, 2.45) is 5.84 Å². The van der Waals surface area contributed by atoms with E-state index in [9.17, 15) is 9.59 Å². The fourth-order valence-corrected chi connectivity index (χ4v) is 4.82. The van der Waals surface area contributed by atoms with Gasteiger partial charge in [-0.2, -0.15) is 0 Å². The normalized spacial score (nSPS) is 28.5. The Balaban J connectivity index is 2.00. The standard InChI is InChI=1S/C15H20N4O2S/c1-15(11-5-3-2-4-6-11)14-19(13(21)10-22-14)8-7-18(15)9-12(20)17-16/h2-6,14H,7-10,16H2,1H3,(H,17,20)/t14-,15+/m1/s1. The predicted octanol–water partition coefficient (Wildman–Crippen LogP) is 0.109. The summed E-state index contributed by atoms with van der Waals surface area (Å²) in [6, 6.07) is 10.1. The van der Waals surface area contributed by atoms with Gasteiger partial charge in [-0.05, 0) is 12.5 Å². The second-order valence-electron chi connectivity index (χ2n) is 5.75. The molecule has 2 saturated heterocycles. The summed E-state index contributed by atoms with van der Waals surface area (Å²) >= 11 is 1.65. The van der Waals surface area contributed by atoms with E-state index in [1.54, 1.807) is 11.8 Å². The highest BCUT2D eigenvalue weighted by molar-refractivity contribution is 8.01. The number of nitrogens with zero attached hydrogens (tertiary/aromatic N) is 2.